The minimum Gasteiger partial charge on any atom is -0.0696 e. The Balaban J connectivity index is 0.666. The number of benzene rings is 13. The molecule has 4 aliphatic heterocycles. The van der Waals surface area contributed by atoms with Crippen molar-refractivity contribution in [3.8, 4) is 94.7 Å². The van der Waals surface area contributed by atoms with Crippen LogP contribution in [0.2, 0.25) is 52.4 Å². The molecular formula is C118H86Si4. The highest BCUT2D eigenvalue weighted by Gasteiger charge is 2.46. The summed E-state index contributed by atoms with van der Waals surface area (Å²) in [6.07, 6.45) is 0. The summed E-state index contributed by atoms with van der Waals surface area (Å²) in [7, 11) is -10.1. The van der Waals surface area contributed by atoms with Crippen LogP contribution in [0.25, 0.3) is 44.6 Å². The largest absolute Gasteiger partial charge is 0.135 e. The molecule has 0 bridgehead atoms. The average Bonchev–Trinajstić information content (AvgIpc) is 1.60. The van der Waals surface area contributed by atoms with Gasteiger partial charge in [-0.25, -0.2) is 0 Å². The van der Waals surface area contributed by atoms with E-state index in [2.05, 4.69) is 487 Å². The predicted molar refractivity (Wildman–Crippen MR) is 524 cm³/mol. The average molecular weight is 1620 g/mol. The summed E-state index contributed by atoms with van der Waals surface area (Å²) in [5, 5.41) is 9.33. The van der Waals surface area contributed by atoms with Gasteiger partial charge >= 0.3 is 0 Å². The smallest absolute Gasteiger partial charge is 0.0696 e. The molecule has 17 rings (SSSR count). The lowest BCUT2D eigenvalue weighted by atomic mass is 9.91. The predicted octanol–water partition coefficient (Wildman–Crippen LogP) is 26.1. The molecule has 13 aromatic rings. The minimum atomic E-state index is -2.61. The third kappa shape index (κ3) is 16.5. The molecular weight excluding hydrogens is 1530 g/mol. The second kappa shape index (κ2) is 35.0. The molecule has 4 heterocycles. The number of hydrogen-bond donors (Lipinski definition) is 0. The Morgan fingerprint density at radius 2 is 0.213 bits per heavy atom. The molecule has 0 aliphatic carbocycles. The quantitative estimate of drug-likeness (QED) is 0.105. The van der Waals surface area contributed by atoms with Crippen LogP contribution >= 0.6 is 0 Å². The maximum absolute atomic E-state index is 3.87. The van der Waals surface area contributed by atoms with Crippen molar-refractivity contribution < 1.29 is 0 Å². The molecule has 0 aromatic heterocycles. The Bertz CT molecular complexity index is 6670. The highest BCUT2D eigenvalue weighted by molar-refractivity contribution is 6.98. The van der Waals surface area contributed by atoms with Gasteiger partial charge in [-0.05, 0) is 186 Å². The third-order valence-electron chi connectivity index (χ3n) is 23.4. The molecule has 0 saturated carbocycles. The van der Waals surface area contributed by atoms with Crippen molar-refractivity contribution >= 4 is 76.9 Å². The molecule has 0 atom stereocenters. The molecule has 574 valence electrons. The minimum absolute atomic E-state index is 0.911. The first-order valence-electron chi connectivity index (χ1n) is 41.6. The van der Waals surface area contributed by atoms with E-state index in [0.29, 0.717) is 0 Å². The van der Waals surface area contributed by atoms with Gasteiger partial charge < -0.3 is 0 Å². The Hall–Kier alpha value is -14.9. The van der Waals surface area contributed by atoms with Crippen molar-refractivity contribution in [2.24, 2.45) is 0 Å². The standard InChI is InChI=1S/C118H86Si4/c1-119(2)103(79-71-87-39-19-9-20-40-87)111(95-43-23-11-24-44-95)113(97-47-27-13-28-48-97)105(119)81-73-89-59-63-91(64-60-89)75-83-107-115(99-51-31-15-32-52-99)117(101-55-35-17-36-56-101)109(121(107,5)6)85-77-93-67-69-94(70-68-93)78-86-110-118(102-57-37-18-38-58-102)116(100-53-33-16-34-54-100)108(122(110,7)8)84-76-92-65-61-90(62-66-92)74-82-106-114(98-49-29-14-30-50-98)112(96-45-25-12-26-46-96)104(120(106,3)4)80-72-88-41-21-10-22-42-88/h9-70H,1-8H3. The van der Waals surface area contributed by atoms with Gasteiger partial charge in [0.15, 0.2) is 0 Å². The van der Waals surface area contributed by atoms with Gasteiger partial charge in [0.1, 0.15) is 32.3 Å². The van der Waals surface area contributed by atoms with Crippen molar-refractivity contribution in [2.45, 2.75) is 52.4 Å². The summed E-state index contributed by atoms with van der Waals surface area (Å²) >= 11 is 0. The fourth-order valence-corrected chi connectivity index (χ4v) is 28.1. The molecule has 13 aromatic carbocycles. The molecule has 0 fully saturated rings. The molecule has 4 heteroatoms. The molecule has 0 saturated heterocycles. The van der Waals surface area contributed by atoms with Crippen LogP contribution in [-0.2, 0) is 0 Å². The molecule has 0 nitrogen and oxygen atoms in total. The lowest BCUT2D eigenvalue weighted by Gasteiger charge is -2.19. The molecule has 0 unspecified atom stereocenters. The van der Waals surface area contributed by atoms with E-state index in [9.17, 15) is 0 Å². The van der Waals surface area contributed by atoms with Crippen LogP contribution in [0.15, 0.2) is 418 Å². The Morgan fingerprint density at radius 3 is 0.328 bits per heavy atom. The van der Waals surface area contributed by atoms with Crippen LogP contribution in [0.1, 0.15) is 89.0 Å². The first-order chi connectivity index (χ1) is 59.6. The van der Waals surface area contributed by atoms with Crippen LogP contribution < -0.4 is 0 Å². The number of hydrogen-bond acceptors (Lipinski definition) is 0. The van der Waals surface area contributed by atoms with Crippen molar-refractivity contribution in [3.63, 3.8) is 0 Å². The van der Waals surface area contributed by atoms with Crippen LogP contribution in [0, 0.1) is 94.7 Å². The summed E-state index contributed by atoms with van der Waals surface area (Å²) in [5.74, 6) is 59.8. The van der Waals surface area contributed by atoms with Crippen molar-refractivity contribution in [3.05, 3.63) is 507 Å². The molecule has 0 amide bonds. The van der Waals surface area contributed by atoms with Crippen LogP contribution in [0.5, 0.6) is 0 Å². The fraction of sp³-hybridized carbons (Fsp3) is 0.0678. The van der Waals surface area contributed by atoms with Gasteiger partial charge in [-0.3, -0.25) is 0 Å². The van der Waals surface area contributed by atoms with Crippen molar-refractivity contribution in [2.75, 3.05) is 0 Å². The summed E-state index contributed by atoms with van der Waals surface area (Å²) < 4.78 is 0. The van der Waals surface area contributed by atoms with Gasteiger partial charge in [0.05, 0.1) is 0 Å². The zero-order valence-electron chi connectivity index (χ0n) is 69.8. The fourth-order valence-electron chi connectivity index (χ4n) is 16.9. The van der Waals surface area contributed by atoms with Crippen molar-refractivity contribution in [1.82, 2.24) is 0 Å². The molecule has 0 radical (unpaired) electrons. The third-order valence-corrected chi connectivity index (χ3v) is 36.4. The zero-order chi connectivity index (χ0) is 83.6. The zero-order valence-corrected chi connectivity index (χ0v) is 73.8. The summed E-state index contributed by atoms with van der Waals surface area (Å²) in [5.41, 5.74) is 25.9. The van der Waals surface area contributed by atoms with Gasteiger partial charge in [0.2, 0.25) is 0 Å². The first kappa shape index (κ1) is 79.6. The van der Waals surface area contributed by atoms with E-state index in [1.807, 2.05) is 36.4 Å². The molecule has 122 heavy (non-hydrogen) atoms. The maximum Gasteiger partial charge on any atom is 0.135 e. The summed E-state index contributed by atoms with van der Waals surface area (Å²) in [6.45, 7) is 19.2. The van der Waals surface area contributed by atoms with Crippen LogP contribution in [-0.4, -0.2) is 32.3 Å². The lowest BCUT2D eigenvalue weighted by molar-refractivity contribution is 1.58. The second-order valence-electron chi connectivity index (χ2n) is 32.9. The van der Waals surface area contributed by atoms with Crippen LogP contribution in [0.3, 0.4) is 0 Å². The first-order valence-corrected chi connectivity index (χ1v) is 53.6. The Labute approximate surface area is 725 Å². The molecule has 0 N–H and O–H groups in total. The summed E-state index contributed by atoms with van der Waals surface area (Å²) in [6, 6.07) is 132. The van der Waals surface area contributed by atoms with E-state index in [0.717, 1.165) is 132 Å². The van der Waals surface area contributed by atoms with E-state index in [-0.39, 0.29) is 0 Å². The van der Waals surface area contributed by atoms with Gasteiger partial charge in [0, 0.05) is 86.1 Å². The monoisotopic (exact) mass is 1610 g/mol. The van der Waals surface area contributed by atoms with Gasteiger partial charge in [-0.1, -0.05) is 426 Å². The van der Waals surface area contributed by atoms with E-state index in [4.69, 9.17) is 0 Å². The lowest BCUT2D eigenvalue weighted by Crippen LogP contribution is -2.29. The normalized spacial score (nSPS) is 15.0. The second-order valence-corrected chi connectivity index (χ2v) is 49.9. The number of rotatable bonds is 8. The van der Waals surface area contributed by atoms with E-state index >= 15 is 0 Å². The maximum atomic E-state index is 3.87. The Morgan fingerprint density at radius 1 is 0.115 bits per heavy atom. The highest BCUT2D eigenvalue weighted by Crippen LogP contribution is 2.53. The van der Waals surface area contributed by atoms with E-state index in [1.54, 1.807) is 0 Å². The van der Waals surface area contributed by atoms with E-state index in [1.165, 1.54) is 43.1 Å². The SMILES string of the molecule is C[Si]1(C)C(C#Cc2ccccc2)=C(c2ccccc2)C(c2ccccc2)=C1C#Cc1ccc(C#CC2=C(c3ccccc3)C(c3ccccc3)=C(C#Cc3ccc(C#CC4=C(c5ccccc5)C(c5ccccc5)=C(C#Cc5ccc(C#CC6=C(c7ccccc7)C(c7ccccc7)=C(C#Cc7ccccc7)[Si]6(C)C)cc5)[Si]4(C)C)cc3)[Si]2(C)C)cc1. The number of allylic oxidation sites excluding steroid dienone is 16. The highest BCUT2D eigenvalue weighted by atomic mass is 28.3. The summed E-state index contributed by atoms with van der Waals surface area (Å²) in [4.78, 5) is 0. The Kier molecular flexibility index (Phi) is 22.8. The van der Waals surface area contributed by atoms with Gasteiger partial charge in [-0.15, -0.1) is 0 Å². The topological polar surface area (TPSA) is 0 Å². The van der Waals surface area contributed by atoms with E-state index < -0.39 is 32.3 Å². The van der Waals surface area contributed by atoms with Gasteiger partial charge in [-0.2, -0.15) is 0 Å². The van der Waals surface area contributed by atoms with Gasteiger partial charge in [0.25, 0.3) is 0 Å². The van der Waals surface area contributed by atoms with Crippen LogP contribution in [0.4, 0.5) is 0 Å². The molecule has 0 spiro atoms. The van der Waals surface area contributed by atoms with Crippen molar-refractivity contribution in [1.29, 1.82) is 0 Å². The molecule has 4 aliphatic rings.